The largest absolute Gasteiger partial charge is 0.450 e. The van der Waals surface area contributed by atoms with Crippen LogP contribution in [-0.4, -0.2) is 48.7 Å². The van der Waals surface area contributed by atoms with Crippen molar-refractivity contribution in [3.8, 4) is 0 Å². The van der Waals surface area contributed by atoms with Crippen molar-refractivity contribution in [1.29, 1.82) is 0 Å². The third-order valence-electron chi connectivity index (χ3n) is 3.80. The minimum absolute atomic E-state index is 0.182. The molecular weight excluding hydrogens is 252 g/mol. The topological polar surface area (TPSA) is 32.8 Å². The molecule has 110 valence electrons. The fourth-order valence-electron chi connectivity index (χ4n) is 2.51. The second-order valence-corrected chi connectivity index (χ2v) is 5.39. The van der Waals surface area contributed by atoms with E-state index in [1.807, 2.05) is 6.92 Å². The molecule has 0 spiro atoms. The van der Waals surface area contributed by atoms with Crippen molar-refractivity contribution in [2.24, 2.45) is 0 Å². The smallest absolute Gasteiger partial charge is 0.409 e. The Bertz CT molecular complexity index is 466. The van der Waals surface area contributed by atoms with Gasteiger partial charge >= 0.3 is 6.09 Å². The van der Waals surface area contributed by atoms with Crippen LogP contribution >= 0.6 is 0 Å². The van der Waals surface area contributed by atoms with E-state index in [0.29, 0.717) is 6.61 Å². The molecule has 1 aliphatic rings. The van der Waals surface area contributed by atoms with E-state index in [2.05, 4.69) is 36.9 Å². The van der Waals surface area contributed by atoms with E-state index in [-0.39, 0.29) is 6.09 Å². The van der Waals surface area contributed by atoms with Crippen LogP contribution in [0.5, 0.6) is 0 Å². The van der Waals surface area contributed by atoms with Gasteiger partial charge in [-0.15, -0.1) is 0 Å². The number of benzene rings is 1. The van der Waals surface area contributed by atoms with Gasteiger partial charge in [0.15, 0.2) is 0 Å². The van der Waals surface area contributed by atoms with Gasteiger partial charge in [-0.3, -0.25) is 4.90 Å². The Kier molecular flexibility index (Phi) is 5.01. The third-order valence-corrected chi connectivity index (χ3v) is 3.80. The highest BCUT2D eigenvalue weighted by Crippen LogP contribution is 2.15. The van der Waals surface area contributed by atoms with Crippen LogP contribution in [0.25, 0.3) is 0 Å². The van der Waals surface area contributed by atoms with E-state index < -0.39 is 0 Å². The summed E-state index contributed by atoms with van der Waals surface area (Å²) >= 11 is 0. The van der Waals surface area contributed by atoms with Gasteiger partial charge in [0.25, 0.3) is 0 Å². The van der Waals surface area contributed by atoms with E-state index >= 15 is 0 Å². The normalized spacial score (nSPS) is 16.2. The molecule has 0 atom stereocenters. The molecule has 1 aromatic carbocycles. The van der Waals surface area contributed by atoms with Crippen molar-refractivity contribution in [3.05, 3.63) is 34.9 Å². The van der Waals surface area contributed by atoms with E-state index in [9.17, 15) is 4.79 Å². The molecule has 0 unspecified atom stereocenters. The zero-order valence-corrected chi connectivity index (χ0v) is 12.7. The molecular formula is C16H24N2O2. The lowest BCUT2D eigenvalue weighted by molar-refractivity contribution is 0.0778. The molecule has 0 N–H and O–H groups in total. The van der Waals surface area contributed by atoms with Gasteiger partial charge in [0, 0.05) is 32.7 Å². The standard InChI is InChI=1S/C16H24N2O2/c1-4-20-16(19)18-9-7-17(8-10-18)12-15-11-13(2)5-6-14(15)3/h5-6,11H,4,7-10,12H2,1-3H3. The molecule has 1 aromatic rings. The quantitative estimate of drug-likeness (QED) is 0.850. The van der Waals surface area contributed by atoms with Crippen LogP contribution in [0, 0.1) is 13.8 Å². The van der Waals surface area contributed by atoms with Crippen molar-refractivity contribution in [2.45, 2.75) is 27.3 Å². The zero-order valence-electron chi connectivity index (χ0n) is 12.7. The van der Waals surface area contributed by atoms with Crippen LogP contribution < -0.4 is 0 Å². The van der Waals surface area contributed by atoms with Gasteiger partial charge < -0.3 is 9.64 Å². The maximum Gasteiger partial charge on any atom is 0.409 e. The summed E-state index contributed by atoms with van der Waals surface area (Å²) < 4.78 is 5.04. The summed E-state index contributed by atoms with van der Waals surface area (Å²) in [5, 5.41) is 0. The van der Waals surface area contributed by atoms with Gasteiger partial charge in [0.1, 0.15) is 0 Å². The van der Waals surface area contributed by atoms with Gasteiger partial charge in [-0.2, -0.15) is 0 Å². The molecule has 0 saturated carbocycles. The minimum Gasteiger partial charge on any atom is -0.450 e. The van der Waals surface area contributed by atoms with Crippen LogP contribution in [-0.2, 0) is 11.3 Å². The predicted molar refractivity (Wildman–Crippen MR) is 79.8 cm³/mol. The molecule has 2 rings (SSSR count). The average molecular weight is 276 g/mol. The van der Waals surface area contributed by atoms with Gasteiger partial charge in [0.2, 0.25) is 0 Å². The molecule has 4 heteroatoms. The molecule has 0 aromatic heterocycles. The Labute approximate surface area is 121 Å². The lowest BCUT2D eigenvalue weighted by Crippen LogP contribution is -2.48. The first-order chi connectivity index (χ1) is 9.60. The number of hydrogen-bond donors (Lipinski definition) is 0. The Morgan fingerprint density at radius 3 is 2.55 bits per heavy atom. The van der Waals surface area contributed by atoms with Gasteiger partial charge in [0.05, 0.1) is 6.61 Å². The molecule has 0 aliphatic carbocycles. The summed E-state index contributed by atoms with van der Waals surface area (Å²) in [6.07, 6.45) is -0.182. The lowest BCUT2D eigenvalue weighted by Gasteiger charge is -2.34. The van der Waals surface area contributed by atoms with Crippen LogP contribution in [0.15, 0.2) is 18.2 Å². The summed E-state index contributed by atoms with van der Waals surface area (Å²) in [6, 6.07) is 6.59. The predicted octanol–water partition coefficient (Wildman–Crippen LogP) is 2.58. The van der Waals surface area contributed by atoms with E-state index in [0.717, 1.165) is 32.7 Å². The fourth-order valence-corrected chi connectivity index (χ4v) is 2.51. The zero-order chi connectivity index (χ0) is 14.5. The first-order valence-corrected chi connectivity index (χ1v) is 7.30. The number of carbonyl (C=O) groups excluding carboxylic acids is 1. The summed E-state index contributed by atoms with van der Waals surface area (Å²) in [7, 11) is 0. The van der Waals surface area contributed by atoms with Crippen molar-refractivity contribution in [3.63, 3.8) is 0 Å². The molecule has 4 nitrogen and oxygen atoms in total. The molecule has 1 heterocycles. The Balaban J connectivity index is 1.88. The number of rotatable bonds is 3. The first-order valence-electron chi connectivity index (χ1n) is 7.30. The molecule has 1 amide bonds. The van der Waals surface area contributed by atoms with E-state index in [4.69, 9.17) is 4.74 Å². The fraction of sp³-hybridized carbons (Fsp3) is 0.562. The Morgan fingerprint density at radius 2 is 1.90 bits per heavy atom. The lowest BCUT2D eigenvalue weighted by atomic mass is 10.0. The molecule has 1 saturated heterocycles. The maximum absolute atomic E-state index is 11.6. The van der Waals surface area contributed by atoms with Crippen molar-refractivity contribution >= 4 is 6.09 Å². The molecule has 20 heavy (non-hydrogen) atoms. The molecule has 0 bridgehead atoms. The number of hydrogen-bond acceptors (Lipinski definition) is 3. The van der Waals surface area contributed by atoms with Crippen LogP contribution in [0.2, 0.25) is 0 Å². The van der Waals surface area contributed by atoms with Gasteiger partial charge in [-0.25, -0.2) is 4.79 Å². The monoisotopic (exact) mass is 276 g/mol. The number of ether oxygens (including phenoxy) is 1. The van der Waals surface area contributed by atoms with Crippen LogP contribution in [0.1, 0.15) is 23.6 Å². The van der Waals surface area contributed by atoms with Crippen LogP contribution in [0.3, 0.4) is 0 Å². The third kappa shape index (κ3) is 3.73. The first kappa shape index (κ1) is 14.9. The van der Waals surface area contributed by atoms with Crippen molar-refractivity contribution in [1.82, 2.24) is 9.80 Å². The highest BCUT2D eigenvalue weighted by molar-refractivity contribution is 5.67. The summed E-state index contributed by atoms with van der Waals surface area (Å²) in [4.78, 5) is 15.8. The maximum atomic E-state index is 11.6. The second-order valence-electron chi connectivity index (χ2n) is 5.39. The SMILES string of the molecule is CCOC(=O)N1CCN(Cc2cc(C)ccc2C)CC1. The summed E-state index contributed by atoms with van der Waals surface area (Å²) in [6.45, 7) is 10.9. The van der Waals surface area contributed by atoms with Gasteiger partial charge in [-0.05, 0) is 31.9 Å². The Morgan fingerprint density at radius 1 is 1.20 bits per heavy atom. The number of aryl methyl sites for hydroxylation is 2. The average Bonchev–Trinajstić information content (AvgIpc) is 2.44. The van der Waals surface area contributed by atoms with E-state index in [1.165, 1.54) is 16.7 Å². The van der Waals surface area contributed by atoms with E-state index in [1.54, 1.807) is 4.90 Å². The number of nitrogens with zero attached hydrogens (tertiary/aromatic N) is 2. The van der Waals surface area contributed by atoms with Crippen molar-refractivity contribution in [2.75, 3.05) is 32.8 Å². The number of carbonyl (C=O) groups is 1. The second kappa shape index (κ2) is 6.75. The molecule has 1 fully saturated rings. The number of piperazine rings is 1. The summed E-state index contributed by atoms with van der Waals surface area (Å²) in [5.74, 6) is 0. The molecule has 0 radical (unpaired) electrons. The summed E-state index contributed by atoms with van der Waals surface area (Å²) in [5.41, 5.74) is 4.02. The Hall–Kier alpha value is -1.55. The van der Waals surface area contributed by atoms with Gasteiger partial charge in [-0.1, -0.05) is 23.8 Å². The molecule has 1 aliphatic heterocycles. The highest BCUT2D eigenvalue weighted by atomic mass is 16.6. The van der Waals surface area contributed by atoms with Crippen LogP contribution in [0.4, 0.5) is 4.79 Å². The van der Waals surface area contributed by atoms with Crippen molar-refractivity contribution < 1.29 is 9.53 Å². The highest BCUT2D eigenvalue weighted by Gasteiger charge is 2.22. The number of amides is 1. The minimum atomic E-state index is -0.182.